The summed E-state index contributed by atoms with van der Waals surface area (Å²) in [5, 5.41) is 22.3. The first-order valence-corrected chi connectivity index (χ1v) is 8.57. The molecule has 3 aromatic rings. The monoisotopic (exact) mass is 372 g/mol. The Morgan fingerprint density at radius 3 is 2.32 bits per heavy atom. The van der Waals surface area contributed by atoms with Crippen LogP contribution < -0.4 is 5.32 Å². The number of anilines is 1. The number of carbonyl (C=O) groups excluding carboxylic acids is 1. The molecule has 0 unspecified atom stereocenters. The van der Waals surface area contributed by atoms with Crippen molar-refractivity contribution in [2.75, 3.05) is 5.32 Å². The van der Waals surface area contributed by atoms with Crippen molar-refractivity contribution in [1.82, 2.24) is 0 Å². The van der Waals surface area contributed by atoms with Crippen LogP contribution in [0.25, 0.3) is 17.2 Å². The standard InChI is InChI=1S/C23H17FN2O2/c1-15-18(14-25)22(26-19(27)13-12-16-8-4-2-5-9-16)23(28)21(24)20(15)17-10-6-3-7-11-17/h2-13,28H,1H3,(H,26,27). The van der Waals surface area contributed by atoms with Gasteiger partial charge in [0, 0.05) is 11.6 Å². The second-order valence-corrected chi connectivity index (χ2v) is 6.12. The first-order chi connectivity index (χ1) is 13.5. The van der Waals surface area contributed by atoms with Crippen LogP contribution in [0.5, 0.6) is 5.75 Å². The van der Waals surface area contributed by atoms with Crippen molar-refractivity contribution in [3.8, 4) is 22.9 Å². The molecular formula is C23H17FN2O2. The van der Waals surface area contributed by atoms with E-state index in [0.717, 1.165) is 5.56 Å². The fourth-order valence-corrected chi connectivity index (χ4v) is 2.93. The molecule has 0 atom stereocenters. The molecule has 138 valence electrons. The van der Waals surface area contributed by atoms with Gasteiger partial charge < -0.3 is 10.4 Å². The van der Waals surface area contributed by atoms with E-state index in [0.29, 0.717) is 11.1 Å². The number of phenols is 1. The van der Waals surface area contributed by atoms with Gasteiger partial charge in [-0.1, -0.05) is 60.7 Å². The zero-order valence-electron chi connectivity index (χ0n) is 15.1. The zero-order chi connectivity index (χ0) is 20.1. The average Bonchev–Trinajstić information content (AvgIpc) is 2.72. The summed E-state index contributed by atoms with van der Waals surface area (Å²) in [5.41, 5.74) is 1.59. The van der Waals surface area contributed by atoms with Crippen LogP contribution in [0.2, 0.25) is 0 Å². The summed E-state index contributed by atoms with van der Waals surface area (Å²) >= 11 is 0. The molecule has 0 radical (unpaired) electrons. The van der Waals surface area contributed by atoms with Gasteiger partial charge in [-0.15, -0.1) is 0 Å². The summed E-state index contributed by atoms with van der Waals surface area (Å²) in [6.07, 6.45) is 2.84. The van der Waals surface area contributed by atoms with Crippen LogP contribution >= 0.6 is 0 Å². The predicted molar refractivity (Wildman–Crippen MR) is 107 cm³/mol. The van der Waals surface area contributed by atoms with E-state index in [-0.39, 0.29) is 16.8 Å². The molecule has 2 N–H and O–H groups in total. The van der Waals surface area contributed by atoms with Crippen LogP contribution in [0.1, 0.15) is 16.7 Å². The third kappa shape index (κ3) is 3.76. The largest absolute Gasteiger partial charge is 0.503 e. The van der Waals surface area contributed by atoms with Crippen molar-refractivity contribution in [2.24, 2.45) is 0 Å². The lowest BCUT2D eigenvalue weighted by atomic mass is 9.94. The highest BCUT2D eigenvalue weighted by atomic mass is 19.1. The van der Waals surface area contributed by atoms with Crippen molar-refractivity contribution >= 4 is 17.7 Å². The summed E-state index contributed by atoms with van der Waals surface area (Å²) in [6.45, 7) is 1.58. The van der Waals surface area contributed by atoms with Crippen molar-refractivity contribution < 1.29 is 14.3 Å². The number of hydrogen-bond acceptors (Lipinski definition) is 3. The predicted octanol–water partition coefficient (Wildman–Crippen LogP) is 5.03. The first-order valence-electron chi connectivity index (χ1n) is 8.57. The molecule has 0 bridgehead atoms. The van der Waals surface area contributed by atoms with Crippen molar-refractivity contribution in [2.45, 2.75) is 6.92 Å². The van der Waals surface area contributed by atoms with E-state index in [9.17, 15) is 19.6 Å². The minimum absolute atomic E-state index is 0.0132. The van der Waals surface area contributed by atoms with Gasteiger partial charge in [0.25, 0.3) is 0 Å². The number of benzene rings is 3. The fraction of sp³-hybridized carbons (Fsp3) is 0.0435. The van der Waals surface area contributed by atoms with Crippen LogP contribution in [0.15, 0.2) is 66.7 Å². The molecule has 0 spiro atoms. The Kier molecular flexibility index (Phi) is 5.52. The number of carbonyl (C=O) groups is 1. The Labute approximate surface area is 162 Å². The third-order valence-corrected chi connectivity index (χ3v) is 4.31. The maximum absolute atomic E-state index is 14.9. The van der Waals surface area contributed by atoms with E-state index in [1.54, 1.807) is 43.3 Å². The lowest BCUT2D eigenvalue weighted by Crippen LogP contribution is -2.11. The van der Waals surface area contributed by atoms with E-state index in [1.165, 1.54) is 6.08 Å². The second-order valence-electron chi connectivity index (χ2n) is 6.12. The van der Waals surface area contributed by atoms with E-state index in [2.05, 4.69) is 5.32 Å². The molecule has 0 saturated heterocycles. The van der Waals surface area contributed by atoms with E-state index in [4.69, 9.17) is 0 Å². The van der Waals surface area contributed by atoms with Gasteiger partial charge in [0.2, 0.25) is 5.91 Å². The minimum Gasteiger partial charge on any atom is -0.503 e. The summed E-state index contributed by atoms with van der Waals surface area (Å²) in [6, 6.07) is 19.8. The molecule has 4 nitrogen and oxygen atoms in total. The Bertz CT molecular complexity index is 1090. The molecule has 0 saturated carbocycles. The van der Waals surface area contributed by atoms with Crippen LogP contribution in [-0.4, -0.2) is 11.0 Å². The highest BCUT2D eigenvalue weighted by Gasteiger charge is 2.23. The summed E-state index contributed by atoms with van der Waals surface area (Å²) in [7, 11) is 0. The van der Waals surface area contributed by atoms with Crippen LogP contribution in [0, 0.1) is 24.1 Å². The number of hydrogen-bond donors (Lipinski definition) is 2. The van der Waals surface area contributed by atoms with Crippen molar-refractivity contribution in [3.05, 3.63) is 89.2 Å². The number of rotatable bonds is 4. The van der Waals surface area contributed by atoms with Crippen LogP contribution in [-0.2, 0) is 4.79 Å². The van der Waals surface area contributed by atoms with Gasteiger partial charge in [-0.2, -0.15) is 5.26 Å². The lowest BCUT2D eigenvalue weighted by molar-refractivity contribution is -0.111. The quantitative estimate of drug-likeness (QED) is 0.498. The molecule has 0 aliphatic rings. The number of nitriles is 1. The number of amides is 1. The van der Waals surface area contributed by atoms with Gasteiger partial charge in [-0.25, -0.2) is 4.39 Å². The Morgan fingerprint density at radius 1 is 1.11 bits per heavy atom. The van der Waals surface area contributed by atoms with Gasteiger partial charge in [-0.05, 0) is 29.7 Å². The molecule has 1 amide bonds. The van der Waals surface area contributed by atoms with Gasteiger partial charge in [0.15, 0.2) is 11.6 Å². The van der Waals surface area contributed by atoms with Crippen LogP contribution in [0.4, 0.5) is 10.1 Å². The molecule has 3 rings (SSSR count). The molecule has 0 aliphatic carbocycles. The molecule has 5 heteroatoms. The Hall–Kier alpha value is -3.91. The van der Waals surface area contributed by atoms with Gasteiger partial charge in [0.05, 0.1) is 5.56 Å². The SMILES string of the molecule is Cc1c(C#N)c(NC(=O)C=Cc2ccccc2)c(O)c(F)c1-c1ccccc1. The molecular weight excluding hydrogens is 355 g/mol. The zero-order valence-corrected chi connectivity index (χ0v) is 15.1. The smallest absolute Gasteiger partial charge is 0.248 e. The molecule has 0 heterocycles. The molecule has 28 heavy (non-hydrogen) atoms. The summed E-state index contributed by atoms with van der Waals surface area (Å²) in [5.74, 6) is -2.23. The van der Waals surface area contributed by atoms with Crippen molar-refractivity contribution in [1.29, 1.82) is 5.26 Å². The number of nitrogens with zero attached hydrogens (tertiary/aromatic N) is 1. The van der Waals surface area contributed by atoms with Gasteiger partial charge in [0.1, 0.15) is 11.8 Å². The number of phenolic OH excluding ortho intramolecular Hbond substituents is 1. The number of aromatic hydroxyl groups is 1. The number of halogens is 1. The maximum atomic E-state index is 14.9. The minimum atomic E-state index is -0.884. The van der Waals surface area contributed by atoms with Gasteiger partial charge >= 0.3 is 0 Å². The average molecular weight is 372 g/mol. The van der Waals surface area contributed by atoms with E-state index < -0.39 is 17.5 Å². The van der Waals surface area contributed by atoms with E-state index in [1.807, 2.05) is 36.4 Å². The normalized spacial score (nSPS) is 10.6. The summed E-state index contributed by atoms with van der Waals surface area (Å²) in [4.78, 5) is 12.2. The molecule has 3 aromatic carbocycles. The van der Waals surface area contributed by atoms with E-state index >= 15 is 0 Å². The first kappa shape index (κ1) is 18.9. The molecule has 0 aliphatic heterocycles. The third-order valence-electron chi connectivity index (χ3n) is 4.31. The molecule has 0 aromatic heterocycles. The van der Waals surface area contributed by atoms with Gasteiger partial charge in [-0.3, -0.25) is 4.79 Å². The topological polar surface area (TPSA) is 73.1 Å². The highest BCUT2D eigenvalue weighted by Crippen LogP contribution is 2.40. The number of nitrogens with one attached hydrogen (secondary N) is 1. The second kappa shape index (κ2) is 8.19. The molecule has 0 fully saturated rings. The highest BCUT2D eigenvalue weighted by molar-refractivity contribution is 6.04. The maximum Gasteiger partial charge on any atom is 0.248 e. The summed E-state index contributed by atoms with van der Waals surface area (Å²) < 4.78 is 14.9. The fourth-order valence-electron chi connectivity index (χ4n) is 2.93. The Morgan fingerprint density at radius 2 is 1.71 bits per heavy atom. The van der Waals surface area contributed by atoms with Crippen LogP contribution in [0.3, 0.4) is 0 Å². The van der Waals surface area contributed by atoms with Crippen molar-refractivity contribution in [3.63, 3.8) is 0 Å². The Balaban J connectivity index is 1.99. The lowest BCUT2D eigenvalue weighted by Gasteiger charge is -2.16.